The van der Waals surface area contributed by atoms with Gasteiger partial charge in [-0.05, 0) is 27.5 Å². The zero-order valence-corrected chi connectivity index (χ0v) is 12.1. The first-order valence-electron chi connectivity index (χ1n) is 6.27. The van der Waals surface area contributed by atoms with Gasteiger partial charge < -0.3 is 0 Å². The number of allylic oxidation sites excluding steroid dienone is 1. The van der Waals surface area contributed by atoms with Crippen molar-refractivity contribution in [3.8, 4) is 0 Å². The molecule has 1 aromatic rings. The number of hydrogen-bond donors (Lipinski definition) is 0. The largest absolute Gasteiger partial charge is 0.102 e. The minimum atomic E-state index is 0.152. The third kappa shape index (κ3) is 3.21. The van der Waals surface area contributed by atoms with Gasteiger partial charge in [0.15, 0.2) is 0 Å². The van der Waals surface area contributed by atoms with Gasteiger partial charge in [-0.2, -0.15) is 0 Å². The van der Waals surface area contributed by atoms with Gasteiger partial charge in [0, 0.05) is 6.42 Å². The van der Waals surface area contributed by atoms with Gasteiger partial charge in [-0.1, -0.05) is 65.8 Å². The molecule has 93 valence electrons. The molecule has 0 aliphatic carbocycles. The second-order valence-corrected chi connectivity index (χ2v) is 6.67. The van der Waals surface area contributed by atoms with Crippen LogP contribution in [0.1, 0.15) is 58.2 Å². The van der Waals surface area contributed by atoms with Gasteiger partial charge in [0.1, 0.15) is 0 Å². The lowest BCUT2D eigenvalue weighted by atomic mass is 9.73. The van der Waals surface area contributed by atoms with Crippen LogP contribution in [0.5, 0.6) is 0 Å². The molecule has 0 atom stereocenters. The minimum absolute atomic E-state index is 0.152. The monoisotopic (exact) mass is 229 g/mol. The van der Waals surface area contributed by atoms with Gasteiger partial charge in [-0.25, -0.2) is 0 Å². The Kier molecular flexibility index (Phi) is 3.86. The predicted molar refractivity (Wildman–Crippen MR) is 77.4 cm³/mol. The standard InChI is InChI=1S/C17H25/c1-8-10-13-11-9-12-14(16(2,3)4)15(13)17(5,6)7/h8-12H,1H2,2-7H3. The molecule has 0 saturated carbocycles. The van der Waals surface area contributed by atoms with Crippen molar-refractivity contribution in [3.63, 3.8) is 0 Å². The van der Waals surface area contributed by atoms with E-state index >= 15 is 0 Å². The van der Waals surface area contributed by atoms with Crippen LogP contribution < -0.4 is 0 Å². The second-order valence-electron chi connectivity index (χ2n) is 6.67. The van der Waals surface area contributed by atoms with Crippen molar-refractivity contribution in [2.45, 2.75) is 52.4 Å². The molecule has 0 heterocycles. The average Bonchev–Trinajstić information content (AvgIpc) is 2.14. The summed E-state index contributed by atoms with van der Waals surface area (Å²) >= 11 is 0. The van der Waals surface area contributed by atoms with Crippen LogP contribution in [0.4, 0.5) is 0 Å². The summed E-state index contributed by atoms with van der Waals surface area (Å²) in [4.78, 5) is 0. The zero-order valence-electron chi connectivity index (χ0n) is 12.1. The maximum atomic E-state index is 3.82. The first-order valence-corrected chi connectivity index (χ1v) is 6.27. The van der Waals surface area contributed by atoms with Crippen LogP contribution in [0.3, 0.4) is 0 Å². The highest BCUT2D eigenvalue weighted by Gasteiger charge is 2.26. The maximum Gasteiger partial charge on any atom is 0.0122 e. The molecule has 0 unspecified atom stereocenters. The quantitative estimate of drug-likeness (QED) is 0.668. The Morgan fingerprint density at radius 3 is 1.94 bits per heavy atom. The van der Waals surface area contributed by atoms with Crippen LogP contribution in [0, 0.1) is 6.42 Å². The van der Waals surface area contributed by atoms with Crippen LogP contribution in [0.2, 0.25) is 0 Å². The van der Waals surface area contributed by atoms with Crippen LogP contribution in [-0.4, -0.2) is 0 Å². The fourth-order valence-electron chi connectivity index (χ4n) is 2.30. The number of benzene rings is 1. The lowest BCUT2D eigenvalue weighted by Crippen LogP contribution is -2.23. The summed E-state index contributed by atoms with van der Waals surface area (Å²) in [5.74, 6) is 0. The molecule has 0 amide bonds. The molecule has 0 fully saturated rings. The van der Waals surface area contributed by atoms with Gasteiger partial charge in [-0.3, -0.25) is 0 Å². The lowest BCUT2D eigenvalue weighted by Gasteiger charge is -2.32. The SMILES string of the molecule is C=C[CH]c1cccc(C(C)(C)C)c1C(C)(C)C. The molecule has 0 bridgehead atoms. The van der Waals surface area contributed by atoms with Gasteiger partial charge in [0.2, 0.25) is 0 Å². The third-order valence-electron chi connectivity index (χ3n) is 2.95. The van der Waals surface area contributed by atoms with Crippen molar-refractivity contribution in [1.29, 1.82) is 0 Å². The summed E-state index contributed by atoms with van der Waals surface area (Å²) in [7, 11) is 0. The second kappa shape index (κ2) is 4.68. The topological polar surface area (TPSA) is 0 Å². The van der Waals surface area contributed by atoms with E-state index in [1.54, 1.807) is 0 Å². The van der Waals surface area contributed by atoms with E-state index in [-0.39, 0.29) is 10.8 Å². The molecule has 1 radical (unpaired) electrons. The van der Waals surface area contributed by atoms with Crippen molar-refractivity contribution < 1.29 is 0 Å². The summed E-state index contributed by atoms with van der Waals surface area (Å²) in [5.41, 5.74) is 4.49. The molecule has 0 N–H and O–H groups in total. The molecule has 1 rings (SSSR count). The third-order valence-corrected chi connectivity index (χ3v) is 2.95. The Hall–Kier alpha value is -1.04. The highest BCUT2D eigenvalue weighted by Crippen LogP contribution is 2.36. The summed E-state index contributed by atoms with van der Waals surface area (Å²) < 4.78 is 0. The van der Waals surface area contributed by atoms with E-state index in [1.165, 1.54) is 16.7 Å². The van der Waals surface area contributed by atoms with Crippen molar-refractivity contribution in [1.82, 2.24) is 0 Å². The van der Waals surface area contributed by atoms with E-state index in [1.807, 2.05) is 6.08 Å². The molecule has 1 aromatic carbocycles. The normalized spacial score (nSPS) is 12.6. The Morgan fingerprint density at radius 1 is 0.941 bits per heavy atom. The molecule has 0 heteroatoms. The van der Waals surface area contributed by atoms with E-state index in [0.717, 1.165) is 0 Å². The Balaban J connectivity index is 3.51. The molecule has 0 aromatic heterocycles. The van der Waals surface area contributed by atoms with E-state index in [4.69, 9.17) is 0 Å². The van der Waals surface area contributed by atoms with Gasteiger partial charge >= 0.3 is 0 Å². The summed E-state index contributed by atoms with van der Waals surface area (Å²) in [5, 5.41) is 0. The zero-order chi connectivity index (χ0) is 13.3. The first kappa shape index (κ1) is 14.0. The van der Waals surface area contributed by atoms with Crippen molar-refractivity contribution >= 4 is 0 Å². The van der Waals surface area contributed by atoms with Crippen molar-refractivity contribution in [2.75, 3.05) is 0 Å². The van der Waals surface area contributed by atoms with Crippen LogP contribution in [0.25, 0.3) is 0 Å². The highest BCUT2D eigenvalue weighted by atomic mass is 14.3. The molecule has 0 nitrogen and oxygen atoms in total. The lowest BCUT2D eigenvalue weighted by molar-refractivity contribution is 0.528. The molecule has 0 aliphatic rings. The van der Waals surface area contributed by atoms with E-state index < -0.39 is 0 Å². The molecule has 17 heavy (non-hydrogen) atoms. The van der Waals surface area contributed by atoms with E-state index in [0.29, 0.717) is 0 Å². The van der Waals surface area contributed by atoms with E-state index in [9.17, 15) is 0 Å². The number of hydrogen-bond acceptors (Lipinski definition) is 0. The Morgan fingerprint density at radius 2 is 1.53 bits per heavy atom. The summed E-state index contributed by atoms with van der Waals surface area (Å²) in [6, 6.07) is 6.57. The smallest absolute Gasteiger partial charge is 0.0122 e. The van der Waals surface area contributed by atoms with Crippen LogP contribution in [-0.2, 0) is 10.8 Å². The minimum Gasteiger partial charge on any atom is -0.102 e. The van der Waals surface area contributed by atoms with Crippen LogP contribution >= 0.6 is 0 Å². The molecule has 0 saturated heterocycles. The van der Waals surface area contributed by atoms with Crippen molar-refractivity contribution in [2.24, 2.45) is 0 Å². The highest BCUT2D eigenvalue weighted by molar-refractivity contribution is 5.48. The average molecular weight is 229 g/mol. The molecule has 0 spiro atoms. The first-order chi connectivity index (χ1) is 7.68. The van der Waals surface area contributed by atoms with Crippen LogP contribution in [0.15, 0.2) is 30.9 Å². The van der Waals surface area contributed by atoms with Gasteiger partial charge in [0.25, 0.3) is 0 Å². The Bertz CT molecular complexity index is 397. The molecular formula is C17H25. The molecular weight excluding hydrogens is 204 g/mol. The Labute approximate surface area is 107 Å². The summed E-state index contributed by atoms with van der Waals surface area (Å²) in [6.07, 6.45) is 3.98. The molecule has 0 aliphatic heterocycles. The van der Waals surface area contributed by atoms with Crippen molar-refractivity contribution in [3.05, 3.63) is 54.0 Å². The summed E-state index contributed by atoms with van der Waals surface area (Å²) in [6.45, 7) is 17.5. The maximum absolute atomic E-state index is 3.82. The number of rotatable bonds is 2. The van der Waals surface area contributed by atoms with Gasteiger partial charge in [-0.15, -0.1) is 6.58 Å². The predicted octanol–water partition coefficient (Wildman–Crippen LogP) is 5.02. The fraction of sp³-hybridized carbons (Fsp3) is 0.471. The fourth-order valence-corrected chi connectivity index (χ4v) is 2.30. The van der Waals surface area contributed by atoms with Gasteiger partial charge in [0.05, 0.1) is 0 Å². The van der Waals surface area contributed by atoms with E-state index in [2.05, 4.69) is 72.7 Å².